The van der Waals surface area contributed by atoms with Gasteiger partial charge >= 0.3 is 0 Å². The second kappa shape index (κ2) is 6.54. The predicted molar refractivity (Wildman–Crippen MR) is 84.7 cm³/mol. The zero-order chi connectivity index (χ0) is 15.5. The Balaban J connectivity index is 1.71. The number of hydrogen-bond donors (Lipinski definition) is 1. The molecule has 0 spiro atoms. The van der Waals surface area contributed by atoms with Crippen LogP contribution < -0.4 is 5.32 Å². The molecule has 1 aromatic heterocycles. The van der Waals surface area contributed by atoms with E-state index in [2.05, 4.69) is 17.2 Å². The van der Waals surface area contributed by atoms with Crippen molar-refractivity contribution in [2.24, 2.45) is 0 Å². The molecule has 2 heterocycles. The lowest BCUT2D eigenvalue weighted by Crippen LogP contribution is -2.51. The van der Waals surface area contributed by atoms with Gasteiger partial charge in [0.25, 0.3) is 5.91 Å². The van der Waals surface area contributed by atoms with Crippen LogP contribution in [0, 0.1) is 5.82 Å². The number of nitrogens with zero attached hydrogens (tertiary/aromatic N) is 2. The number of rotatable bonds is 3. The first-order valence-electron chi connectivity index (χ1n) is 7.34. The Labute approximate surface area is 133 Å². The number of halogens is 1. The number of piperazine rings is 1. The van der Waals surface area contributed by atoms with Crippen molar-refractivity contribution in [3.63, 3.8) is 0 Å². The van der Waals surface area contributed by atoms with Crippen molar-refractivity contribution in [2.75, 3.05) is 19.6 Å². The molecular formula is C16H18FN3OS. The summed E-state index contributed by atoms with van der Waals surface area (Å²) in [6.45, 7) is 4.26. The van der Waals surface area contributed by atoms with Crippen molar-refractivity contribution in [1.82, 2.24) is 15.2 Å². The van der Waals surface area contributed by atoms with Gasteiger partial charge < -0.3 is 10.2 Å². The van der Waals surface area contributed by atoms with Crippen LogP contribution in [0.2, 0.25) is 0 Å². The maximum Gasteiger partial charge on any atom is 0.273 e. The van der Waals surface area contributed by atoms with E-state index in [4.69, 9.17) is 0 Å². The van der Waals surface area contributed by atoms with Gasteiger partial charge in [-0.05, 0) is 18.6 Å². The molecule has 1 saturated heterocycles. The number of thiazole rings is 1. The fourth-order valence-corrected chi connectivity index (χ4v) is 3.36. The summed E-state index contributed by atoms with van der Waals surface area (Å²) in [5, 5.41) is 5.84. The van der Waals surface area contributed by atoms with Crippen molar-refractivity contribution >= 4 is 17.2 Å². The molecule has 0 radical (unpaired) electrons. The predicted octanol–water partition coefficient (Wildman–Crippen LogP) is 2.31. The number of aromatic nitrogens is 1. The van der Waals surface area contributed by atoms with E-state index in [9.17, 15) is 9.18 Å². The summed E-state index contributed by atoms with van der Waals surface area (Å²) in [6.07, 6.45) is 0.419. The summed E-state index contributed by atoms with van der Waals surface area (Å²) in [6, 6.07) is 6.96. The van der Waals surface area contributed by atoms with Crippen molar-refractivity contribution in [1.29, 1.82) is 0 Å². The zero-order valence-electron chi connectivity index (χ0n) is 12.4. The highest BCUT2D eigenvalue weighted by Gasteiger charge is 2.23. The molecule has 1 aliphatic rings. The zero-order valence-corrected chi connectivity index (χ0v) is 13.2. The topological polar surface area (TPSA) is 45.2 Å². The van der Waals surface area contributed by atoms with Crippen LogP contribution in [0.1, 0.15) is 28.0 Å². The Kier molecular flexibility index (Phi) is 4.49. The first kappa shape index (κ1) is 15.1. The third-order valence-corrected chi connectivity index (χ3v) is 4.58. The summed E-state index contributed by atoms with van der Waals surface area (Å²) in [5.41, 5.74) is 1.07. The Hall–Kier alpha value is -1.79. The summed E-state index contributed by atoms with van der Waals surface area (Å²) in [4.78, 5) is 18.7. The number of amides is 1. The molecule has 1 unspecified atom stereocenters. The van der Waals surface area contributed by atoms with E-state index in [-0.39, 0.29) is 11.7 Å². The highest BCUT2D eigenvalue weighted by atomic mass is 32.1. The molecule has 4 nitrogen and oxygen atoms in total. The first-order chi connectivity index (χ1) is 10.6. The molecule has 1 aromatic carbocycles. The molecule has 6 heteroatoms. The van der Waals surface area contributed by atoms with Crippen LogP contribution in [-0.2, 0) is 6.42 Å². The van der Waals surface area contributed by atoms with Crippen LogP contribution >= 0.6 is 11.3 Å². The summed E-state index contributed by atoms with van der Waals surface area (Å²) in [5.74, 6) is -0.272. The third kappa shape index (κ3) is 3.34. The van der Waals surface area contributed by atoms with Gasteiger partial charge in [-0.2, -0.15) is 0 Å². The standard InChI is InChI=1S/C16H18FN3OS/c1-11-9-20(7-6-18-11)16(21)14-10-22-15(19-14)8-12-4-2-3-5-13(12)17/h2-5,10-11,18H,6-9H2,1H3. The summed E-state index contributed by atoms with van der Waals surface area (Å²) >= 11 is 1.41. The lowest BCUT2D eigenvalue weighted by molar-refractivity contribution is 0.0704. The molecule has 1 amide bonds. The average molecular weight is 319 g/mol. The van der Waals surface area contributed by atoms with Gasteiger partial charge in [0, 0.05) is 37.5 Å². The van der Waals surface area contributed by atoms with Gasteiger partial charge in [-0.3, -0.25) is 4.79 Å². The minimum absolute atomic E-state index is 0.0376. The molecule has 116 valence electrons. The number of hydrogen-bond acceptors (Lipinski definition) is 4. The van der Waals surface area contributed by atoms with E-state index >= 15 is 0 Å². The Morgan fingerprint density at radius 3 is 3.09 bits per heavy atom. The summed E-state index contributed by atoms with van der Waals surface area (Å²) < 4.78 is 13.7. The monoisotopic (exact) mass is 319 g/mol. The molecule has 0 aliphatic carbocycles. The molecule has 1 fully saturated rings. The highest BCUT2D eigenvalue weighted by Crippen LogP contribution is 2.18. The molecule has 1 atom stereocenters. The van der Waals surface area contributed by atoms with E-state index in [1.165, 1.54) is 17.4 Å². The van der Waals surface area contributed by atoms with Crippen molar-refractivity contribution < 1.29 is 9.18 Å². The fraction of sp³-hybridized carbons (Fsp3) is 0.375. The fourth-order valence-electron chi connectivity index (χ4n) is 2.57. The van der Waals surface area contributed by atoms with Crippen LogP contribution in [0.3, 0.4) is 0 Å². The molecule has 1 N–H and O–H groups in total. The van der Waals surface area contributed by atoms with Gasteiger partial charge in [0.2, 0.25) is 0 Å². The second-order valence-electron chi connectivity index (χ2n) is 5.50. The number of carbonyl (C=O) groups excluding carboxylic acids is 1. The quantitative estimate of drug-likeness (QED) is 0.944. The Morgan fingerprint density at radius 1 is 1.50 bits per heavy atom. The van der Waals surface area contributed by atoms with Crippen molar-refractivity contribution in [3.8, 4) is 0 Å². The van der Waals surface area contributed by atoms with Gasteiger partial charge in [0.05, 0.1) is 5.01 Å². The molecule has 0 saturated carbocycles. The summed E-state index contributed by atoms with van der Waals surface area (Å²) in [7, 11) is 0. The van der Waals surface area contributed by atoms with Crippen LogP contribution in [0.15, 0.2) is 29.6 Å². The molecular weight excluding hydrogens is 301 g/mol. The van der Waals surface area contributed by atoms with Gasteiger partial charge in [0.15, 0.2) is 0 Å². The van der Waals surface area contributed by atoms with Crippen molar-refractivity contribution in [2.45, 2.75) is 19.4 Å². The average Bonchev–Trinajstić information content (AvgIpc) is 2.97. The maximum absolute atomic E-state index is 13.7. The largest absolute Gasteiger partial charge is 0.334 e. The maximum atomic E-state index is 13.7. The number of benzene rings is 1. The van der Waals surface area contributed by atoms with Crippen LogP contribution in [0.25, 0.3) is 0 Å². The minimum atomic E-state index is -0.235. The molecule has 0 bridgehead atoms. The molecule has 1 aliphatic heterocycles. The van der Waals surface area contributed by atoms with E-state index in [0.717, 1.165) is 11.6 Å². The molecule has 2 aromatic rings. The van der Waals surface area contributed by atoms with Crippen LogP contribution in [0.4, 0.5) is 4.39 Å². The van der Waals surface area contributed by atoms with E-state index in [1.807, 2.05) is 4.90 Å². The minimum Gasteiger partial charge on any atom is -0.334 e. The van der Waals surface area contributed by atoms with E-state index in [1.54, 1.807) is 23.6 Å². The Morgan fingerprint density at radius 2 is 2.32 bits per heavy atom. The third-order valence-electron chi connectivity index (χ3n) is 3.73. The van der Waals surface area contributed by atoms with E-state index in [0.29, 0.717) is 36.8 Å². The van der Waals surface area contributed by atoms with Crippen LogP contribution in [-0.4, -0.2) is 41.5 Å². The first-order valence-corrected chi connectivity index (χ1v) is 8.22. The highest BCUT2D eigenvalue weighted by molar-refractivity contribution is 7.09. The normalized spacial score (nSPS) is 18.5. The Bertz CT molecular complexity index is 673. The van der Waals surface area contributed by atoms with Gasteiger partial charge in [0.1, 0.15) is 11.5 Å². The number of nitrogens with one attached hydrogen (secondary N) is 1. The lowest BCUT2D eigenvalue weighted by Gasteiger charge is -2.31. The van der Waals surface area contributed by atoms with Gasteiger partial charge in [-0.15, -0.1) is 11.3 Å². The SMILES string of the molecule is CC1CN(C(=O)c2csc(Cc3ccccc3F)n2)CCN1. The second-order valence-corrected chi connectivity index (χ2v) is 6.44. The van der Waals surface area contributed by atoms with Gasteiger partial charge in [-0.1, -0.05) is 18.2 Å². The smallest absolute Gasteiger partial charge is 0.273 e. The molecule has 3 rings (SSSR count). The number of carbonyl (C=O) groups is 1. The van der Waals surface area contributed by atoms with Crippen molar-refractivity contribution in [3.05, 3.63) is 51.7 Å². The molecule has 22 heavy (non-hydrogen) atoms. The lowest BCUT2D eigenvalue weighted by atomic mass is 10.1. The van der Waals surface area contributed by atoms with E-state index < -0.39 is 0 Å². The van der Waals surface area contributed by atoms with Crippen LogP contribution in [0.5, 0.6) is 0 Å². The van der Waals surface area contributed by atoms with Gasteiger partial charge in [-0.25, -0.2) is 9.37 Å².